The third kappa shape index (κ3) is 4.16. The Morgan fingerprint density at radius 2 is 2.00 bits per heavy atom. The summed E-state index contributed by atoms with van der Waals surface area (Å²) in [5, 5.41) is 10.5. The molecule has 1 aromatic carbocycles. The lowest BCUT2D eigenvalue weighted by Crippen LogP contribution is -2.09. The van der Waals surface area contributed by atoms with E-state index >= 15 is 0 Å². The van der Waals surface area contributed by atoms with Crippen molar-refractivity contribution in [2.75, 3.05) is 13.2 Å². The largest absolute Gasteiger partial charge is 0.490 e. The van der Waals surface area contributed by atoms with Gasteiger partial charge < -0.3 is 14.2 Å². The van der Waals surface area contributed by atoms with Gasteiger partial charge in [0.15, 0.2) is 17.2 Å². The van der Waals surface area contributed by atoms with Gasteiger partial charge in [0.25, 0.3) is 0 Å². The SMILES string of the molecule is CCOC(=O)c1n[nH]nc1-c1cc(I)c(OC(C)C)c(OCC)c1. The molecule has 2 rings (SSSR count). The molecule has 24 heavy (non-hydrogen) atoms. The summed E-state index contributed by atoms with van der Waals surface area (Å²) in [5.74, 6) is 0.764. The molecule has 1 heterocycles. The van der Waals surface area contributed by atoms with Crippen LogP contribution in [0.25, 0.3) is 11.3 Å². The molecule has 2 aromatic rings. The van der Waals surface area contributed by atoms with Crippen LogP contribution in [0, 0.1) is 3.57 Å². The molecule has 0 spiro atoms. The topological polar surface area (TPSA) is 86.3 Å². The summed E-state index contributed by atoms with van der Waals surface area (Å²) < 4.78 is 17.4. The second-order valence-electron chi connectivity index (χ2n) is 5.13. The zero-order valence-corrected chi connectivity index (χ0v) is 16.2. The Morgan fingerprint density at radius 3 is 2.62 bits per heavy atom. The van der Waals surface area contributed by atoms with Gasteiger partial charge in [-0.25, -0.2) is 4.79 Å². The van der Waals surface area contributed by atoms with E-state index < -0.39 is 5.97 Å². The number of esters is 1. The summed E-state index contributed by atoms with van der Waals surface area (Å²) in [7, 11) is 0. The van der Waals surface area contributed by atoms with Crippen LogP contribution < -0.4 is 9.47 Å². The number of carbonyl (C=O) groups excluding carboxylic acids is 1. The molecule has 8 heteroatoms. The minimum atomic E-state index is -0.517. The second-order valence-corrected chi connectivity index (χ2v) is 6.29. The molecule has 1 N–H and O–H groups in total. The summed E-state index contributed by atoms with van der Waals surface area (Å²) >= 11 is 2.18. The highest BCUT2D eigenvalue weighted by atomic mass is 127. The van der Waals surface area contributed by atoms with Crippen molar-refractivity contribution in [1.82, 2.24) is 15.4 Å². The van der Waals surface area contributed by atoms with E-state index in [1.807, 2.05) is 26.8 Å². The van der Waals surface area contributed by atoms with Crippen molar-refractivity contribution in [2.24, 2.45) is 0 Å². The van der Waals surface area contributed by atoms with Crippen LogP contribution in [0.1, 0.15) is 38.2 Å². The summed E-state index contributed by atoms with van der Waals surface area (Å²) in [6.45, 7) is 8.32. The van der Waals surface area contributed by atoms with Crippen molar-refractivity contribution in [2.45, 2.75) is 33.8 Å². The van der Waals surface area contributed by atoms with E-state index in [0.717, 1.165) is 3.57 Å². The molecule has 0 unspecified atom stereocenters. The normalized spacial score (nSPS) is 10.8. The van der Waals surface area contributed by atoms with Gasteiger partial charge in [-0.05, 0) is 62.4 Å². The van der Waals surface area contributed by atoms with Gasteiger partial charge in [-0.2, -0.15) is 10.3 Å². The summed E-state index contributed by atoms with van der Waals surface area (Å²) in [6.07, 6.45) is 0.0192. The maximum absolute atomic E-state index is 12.0. The van der Waals surface area contributed by atoms with E-state index in [1.54, 1.807) is 13.0 Å². The first-order valence-electron chi connectivity index (χ1n) is 7.69. The maximum Gasteiger partial charge on any atom is 0.361 e. The van der Waals surface area contributed by atoms with Crippen molar-refractivity contribution >= 4 is 28.6 Å². The first-order chi connectivity index (χ1) is 11.5. The molecule has 1 aromatic heterocycles. The molecule has 0 aliphatic heterocycles. The van der Waals surface area contributed by atoms with E-state index in [0.29, 0.717) is 29.4 Å². The zero-order valence-electron chi connectivity index (χ0n) is 14.1. The fourth-order valence-electron chi connectivity index (χ4n) is 2.09. The van der Waals surface area contributed by atoms with Crippen LogP contribution in [0.4, 0.5) is 0 Å². The average Bonchev–Trinajstić information content (AvgIpc) is 3.00. The van der Waals surface area contributed by atoms with E-state index in [2.05, 4.69) is 38.0 Å². The predicted molar refractivity (Wildman–Crippen MR) is 97.4 cm³/mol. The Kier molecular flexibility index (Phi) is 6.41. The lowest BCUT2D eigenvalue weighted by Gasteiger charge is -2.17. The fourth-order valence-corrected chi connectivity index (χ4v) is 2.82. The number of halogens is 1. The number of aromatic amines is 1. The minimum Gasteiger partial charge on any atom is -0.490 e. The number of carbonyl (C=O) groups is 1. The first kappa shape index (κ1) is 18.5. The average molecular weight is 445 g/mol. The minimum absolute atomic E-state index is 0.0192. The van der Waals surface area contributed by atoms with Gasteiger partial charge in [-0.15, -0.1) is 5.10 Å². The highest BCUT2D eigenvalue weighted by molar-refractivity contribution is 14.1. The maximum atomic E-state index is 12.0. The molecule has 0 amide bonds. The van der Waals surface area contributed by atoms with Gasteiger partial charge in [-0.3, -0.25) is 0 Å². The third-order valence-electron chi connectivity index (χ3n) is 2.95. The van der Waals surface area contributed by atoms with Crippen molar-refractivity contribution in [3.05, 3.63) is 21.4 Å². The first-order valence-corrected chi connectivity index (χ1v) is 8.77. The molecule has 0 aliphatic rings. The zero-order chi connectivity index (χ0) is 17.7. The molecule has 0 saturated carbocycles. The van der Waals surface area contributed by atoms with Crippen LogP contribution in [0.3, 0.4) is 0 Å². The lowest BCUT2D eigenvalue weighted by atomic mass is 10.1. The number of hydrogen-bond donors (Lipinski definition) is 1. The number of nitrogens with one attached hydrogen (secondary N) is 1. The standard InChI is InChI=1S/C16H20IN3O4/c1-5-22-12-8-10(7-11(17)15(12)24-9(3)4)13-14(19-20-18-13)16(21)23-6-2/h7-9H,5-6H2,1-4H3,(H,18,19,20). The molecule has 0 radical (unpaired) electrons. The summed E-state index contributed by atoms with van der Waals surface area (Å²) in [6, 6.07) is 3.67. The number of hydrogen-bond acceptors (Lipinski definition) is 6. The second kappa shape index (κ2) is 8.32. The van der Waals surface area contributed by atoms with Crippen LogP contribution in [-0.2, 0) is 4.74 Å². The summed E-state index contributed by atoms with van der Waals surface area (Å²) in [4.78, 5) is 12.0. The van der Waals surface area contributed by atoms with E-state index in [4.69, 9.17) is 14.2 Å². The smallest absolute Gasteiger partial charge is 0.361 e. The van der Waals surface area contributed by atoms with Crippen LogP contribution in [0.5, 0.6) is 11.5 Å². The van der Waals surface area contributed by atoms with Gasteiger partial charge in [0.1, 0.15) is 5.69 Å². The van der Waals surface area contributed by atoms with Gasteiger partial charge in [0.05, 0.1) is 22.9 Å². The van der Waals surface area contributed by atoms with Gasteiger partial charge in [0, 0.05) is 5.56 Å². The van der Waals surface area contributed by atoms with Gasteiger partial charge in [0.2, 0.25) is 0 Å². The number of aromatic nitrogens is 3. The molecule has 0 fully saturated rings. The quantitative estimate of drug-likeness (QED) is 0.519. The Hall–Kier alpha value is -1.84. The third-order valence-corrected chi connectivity index (χ3v) is 3.75. The van der Waals surface area contributed by atoms with Gasteiger partial charge in [-0.1, -0.05) is 0 Å². The van der Waals surface area contributed by atoms with E-state index in [-0.39, 0.29) is 18.4 Å². The van der Waals surface area contributed by atoms with Crippen LogP contribution in [0.2, 0.25) is 0 Å². The molecule has 0 aliphatic carbocycles. The fraction of sp³-hybridized carbons (Fsp3) is 0.438. The van der Waals surface area contributed by atoms with Crippen molar-refractivity contribution < 1.29 is 19.0 Å². The van der Waals surface area contributed by atoms with Crippen molar-refractivity contribution in [3.63, 3.8) is 0 Å². The monoisotopic (exact) mass is 445 g/mol. The molecular weight excluding hydrogens is 425 g/mol. The van der Waals surface area contributed by atoms with E-state index in [9.17, 15) is 4.79 Å². The molecule has 0 atom stereocenters. The Bertz CT molecular complexity index is 715. The molecule has 7 nitrogen and oxygen atoms in total. The van der Waals surface area contributed by atoms with Gasteiger partial charge >= 0.3 is 5.97 Å². The molecule has 0 bridgehead atoms. The molecular formula is C16H20IN3O4. The number of rotatable bonds is 7. The van der Waals surface area contributed by atoms with Crippen LogP contribution >= 0.6 is 22.6 Å². The molecule has 0 saturated heterocycles. The Morgan fingerprint density at radius 1 is 1.25 bits per heavy atom. The number of nitrogens with zero attached hydrogens (tertiary/aromatic N) is 2. The van der Waals surface area contributed by atoms with Crippen molar-refractivity contribution in [1.29, 1.82) is 0 Å². The molecule has 130 valence electrons. The Labute approximate surface area is 154 Å². The Balaban J connectivity index is 2.49. The van der Waals surface area contributed by atoms with Crippen LogP contribution in [-0.4, -0.2) is 40.7 Å². The van der Waals surface area contributed by atoms with E-state index in [1.165, 1.54) is 0 Å². The number of benzene rings is 1. The highest BCUT2D eigenvalue weighted by Crippen LogP contribution is 2.38. The lowest BCUT2D eigenvalue weighted by molar-refractivity contribution is 0.0520. The highest BCUT2D eigenvalue weighted by Gasteiger charge is 2.22. The van der Waals surface area contributed by atoms with Crippen molar-refractivity contribution in [3.8, 4) is 22.8 Å². The predicted octanol–water partition coefficient (Wildman–Crippen LogP) is 3.44. The number of H-pyrrole nitrogens is 1. The summed E-state index contributed by atoms with van der Waals surface area (Å²) in [5.41, 5.74) is 1.27. The van der Waals surface area contributed by atoms with Crippen LogP contribution in [0.15, 0.2) is 12.1 Å². The number of ether oxygens (including phenoxy) is 3.